The van der Waals surface area contributed by atoms with E-state index in [2.05, 4.69) is 20.9 Å². The third-order valence-electron chi connectivity index (χ3n) is 2.19. The lowest BCUT2D eigenvalue weighted by Gasteiger charge is -2.06. The maximum absolute atomic E-state index is 11.6. The van der Waals surface area contributed by atoms with Crippen molar-refractivity contribution < 1.29 is 24.3 Å². The molecule has 0 aliphatic heterocycles. The van der Waals surface area contributed by atoms with Crippen LogP contribution in [0.2, 0.25) is 0 Å². The smallest absolute Gasteiger partial charge is 0.322 e. The maximum atomic E-state index is 11.6. The van der Waals surface area contributed by atoms with Crippen LogP contribution in [0.3, 0.4) is 0 Å². The molecule has 0 aliphatic rings. The third-order valence-corrected chi connectivity index (χ3v) is 2.19. The Morgan fingerprint density at radius 2 is 1.57 bits per heavy atom. The summed E-state index contributed by atoms with van der Waals surface area (Å²) < 4.78 is 0. The molecule has 0 unspecified atom stereocenters. The first-order chi connectivity index (χ1) is 9.99. The zero-order valence-corrected chi connectivity index (χ0v) is 11.0. The standard InChI is InChI=1S/C12H14N4O5/c17-9(15-7-11(19)20)5-14-10(18)6-16-12(21)8-3-1-2-4-13-8/h1-4H,5-7H2,(H,14,18)(H,15,17)(H,16,21)(H,19,20). The third kappa shape index (κ3) is 6.66. The summed E-state index contributed by atoms with van der Waals surface area (Å²) in [5.74, 6) is -2.91. The van der Waals surface area contributed by atoms with Gasteiger partial charge in [-0.1, -0.05) is 6.07 Å². The van der Waals surface area contributed by atoms with E-state index in [9.17, 15) is 19.2 Å². The molecule has 4 N–H and O–H groups in total. The highest BCUT2D eigenvalue weighted by Gasteiger charge is 2.10. The minimum Gasteiger partial charge on any atom is -0.480 e. The number of aliphatic carboxylic acids is 1. The Kier molecular flexibility index (Phi) is 6.32. The quantitative estimate of drug-likeness (QED) is 0.465. The Morgan fingerprint density at radius 1 is 0.952 bits per heavy atom. The summed E-state index contributed by atoms with van der Waals surface area (Å²) in [6, 6.07) is 4.78. The van der Waals surface area contributed by atoms with E-state index >= 15 is 0 Å². The summed E-state index contributed by atoms with van der Waals surface area (Å²) in [6.45, 7) is -1.21. The molecule has 0 atom stereocenters. The minimum absolute atomic E-state index is 0.171. The number of nitrogens with one attached hydrogen (secondary N) is 3. The van der Waals surface area contributed by atoms with Crippen molar-refractivity contribution in [2.75, 3.05) is 19.6 Å². The van der Waals surface area contributed by atoms with Gasteiger partial charge in [-0.25, -0.2) is 0 Å². The zero-order valence-electron chi connectivity index (χ0n) is 11.0. The van der Waals surface area contributed by atoms with Crippen LogP contribution in [0.4, 0.5) is 0 Å². The van der Waals surface area contributed by atoms with Gasteiger partial charge in [-0.2, -0.15) is 0 Å². The molecule has 0 saturated carbocycles. The fourth-order valence-electron chi connectivity index (χ4n) is 1.23. The van der Waals surface area contributed by atoms with Crippen LogP contribution in [0.5, 0.6) is 0 Å². The number of amides is 3. The minimum atomic E-state index is -1.18. The van der Waals surface area contributed by atoms with Gasteiger partial charge in [-0.15, -0.1) is 0 Å². The number of hydrogen-bond donors (Lipinski definition) is 4. The van der Waals surface area contributed by atoms with Crippen molar-refractivity contribution in [1.29, 1.82) is 0 Å². The van der Waals surface area contributed by atoms with E-state index in [1.165, 1.54) is 12.3 Å². The highest BCUT2D eigenvalue weighted by molar-refractivity contribution is 5.95. The number of carbonyl (C=O) groups is 4. The van der Waals surface area contributed by atoms with Crippen LogP contribution in [0.1, 0.15) is 10.5 Å². The molecular formula is C12H14N4O5. The van der Waals surface area contributed by atoms with Gasteiger partial charge in [-0.3, -0.25) is 24.2 Å². The van der Waals surface area contributed by atoms with Crippen LogP contribution < -0.4 is 16.0 Å². The first kappa shape index (κ1) is 16.1. The Hall–Kier alpha value is -2.97. The second-order valence-corrected chi connectivity index (χ2v) is 3.84. The molecule has 0 spiro atoms. The fourth-order valence-corrected chi connectivity index (χ4v) is 1.23. The van der Waals surface area contributed by atoms with Crippen LogP contribution in [-0.2, 0) is 14.4 Å². The summed E-state index contributed by atoms with van der Waals surface area (Å²) in [5.41, 5.74) is 0.171. The second-order valence-electron chi connectivity index (χ2n) is 3.84. The van der Waals surface area contributed by atoms with Crippen molar-refractivity contribution in [3.8, 4) is 0 Å². The number of hydrogen-bond acceptors (Lipinski definition) is 5. The van der Waals surface area contributed by atoms with Crippen molar-refractivity contribution >= 4 is 23.7 Å². The molecular weight excluding hydrogens is 280 g/mol. The van der Waals surface area contributed by atoms with Gasteiger partial charge < -0.3 is 21.1 Å². The molecule has 1 rings (SSSR count). The maximum Gasteiger partial charge on any atom is 0.322 e. The number of carboxylic acids is 1. The van der Waals surface area contributed by atoms with Crippen LogP contribution >= 0.6 is 0 Å². The molecule has 9 nitrogen and oxygen atoms in total. The van der Waals surface area contributed by atoms with Crippen LogP contribution in [-0.4, -0.2) is 53.4 Å². The lowest BCUT2D eigenvalue weighted by molar-refractivity contribution is -0.137. The van der Waals surface area contributed by atoms with Gasteiger partial charge in [-0.05, 0) is 12.1 Å². The second kappa shape index (κ2) is 8.25. The van der Waals surface area contributed by atoms with E-state index in [1.807, 2.05) is 0 Å². The van der Waals surface area contributed by atoms with E-state index < -0.39 is 30.2 Å². The van der Waals surface area contributed by atoms with Gasteiger partial charge in [0, 0.05) is 6.20 Å². The van der Waals surface area contributed by atoms with Crippen LogP contribution in [0.25, 0.3) is 0 Å². The summed E-state index contributed by atoms with van der Waals surface area (Å²) in [6.07, 6.45) is 1.45. The molecule has 1 aromatic rings. The van der Waals surface area contributed by atoms with Gasteiger partial charge in [0.15, 0.2) is 0 Å². The Labute approximate surface area is 119 Å². The van der Waals surface area contributed by atoms with Gasteiger partial charge in [0.25, 0.3) is 5.91 Å². The summed E-state index contributed by atoms with van der Waals surface area (Å²) in [5, 5.41) is 15.0. The predicted molar refractivity (Wildman–Crippen MR) is 70.2 cm³/mol. The predicted octanol–water partition coefficient (Wildman–Crippen LogP) is -1.87. The number of pyridine rings is 1. The molecule has 21 heavy (non-hydrogen) atoms. The molecule has 0 fully saturated rings. The van der Waals surface area contributed by atoms with E-state index in [4.69, 9.17) is 5.11 Å². The van der Waals surface area contributed by atoms with E-state index in [0.29, 0.717) is 0 Å². The number of rotatable bonds is 7. The van der Waals surface area contributed by atoms with Crippen molar-refractivity contribution in [3.63, 3.8) is 0 Å². The first-order valence-corrected chi connectivity index (χ1v) is 5.93. The molecule has 0 radical (unpaired) electrons. The average molecular weight is 294 g/mol. The van der Waals surface area contributed by atoms with Gasteiger partial charge in [0.2, 0.25) is 11.8 Å². The Bertz CT molecular complexity index is 532. The Balaban J connectivity index is 2.24. The van der Waals surface area contributed by atoms with Gasteiger partial charge in [0.05, 0.1) is 13.1 Å². The monoisotopic (exact) mass is 294 g/mol. The fraction of sp³-hybridized carbons (Fsp3) is 0.250. The topological polar surface area (TPSA) is 137 Å². The Morgan fingerprint density at radius 3 is 2.14 bits per heavy atom. The van der Waals surface area contributed by atoms with Crippen molar-refractivity contribution in [2.45, 2.75) is 0 Å². The molecule has 9 heteroatoms. The molecule has 0 bridgehead atoms. The van der Waals surface area contributed by atoms with Crippen molar-refractivity contribution in [1.82, 2.24) is 20.9 Å². The van der Waals surface area contributed by atoms with Gasteiger partial charge >= 0.3 is 5.97 Å². The first-order valence-electron chi connectivity index (χ1n) is 5.93. The van der Waals surface area contributed by atoms with Crippen molar-refractivity contribution in [3.05, 3.63) is 30.1 Å². The number of carboxylic acid groups (broad SMARTS) is 1. The molecule has 1 heterocycles. The molecule has 1 aromatic heterocycles. The van der Waals surface area contributed by atoms with E-state index in [0.717, 1.165) is 0 Å². The van der Waals surface area contributed by atoms with E-state index in [-0.39, 0.29) is 18.8 Å². The van der Waals surface area contributed by atoms with Gasteiger partial charge in [0.1, 0.15) is 12.2 Å². The van der Waals surface area contributed by atoms with Crippen LogP contribution in [0, 0.1) is 0 Å². The lowest BCUT2D eigenvalue weighted by Crippen LogP contribution is -2.43. The van der Waals surface area contributed by atoms with E-state index in [1.54, 1.807) is 12.1 Å². The summed E-state index contributed by atoms with van der Waals surface area (Å²) in [7, 11) is 0. The molecule has 112 valence electrons. The lowest BCUT2D eigenvalue weighted by atomic mass is 10.3. The normalized spacial score (nSPS) is 9.52. The molecule has 0 aromatic carbocycles. The molecule has 0 aliphatic carbocycles. The largest absolute Gasteiger partial charge is 0.480 e. The number of nitrogens with zero attached hydrogens (tertiary/aromatic N) is 1. The summed E-state index contributed by atoms with van der Waals surface area (Å²) >= 11 is 0. The summed E-state index contributed by atoms with van der Waals surface area (Å²) in [4.78, 5) is 48.1. The zero-order chi connectivity index (χ0) is 15.7. The molecule has 0 saturated heterocycles. The van der Waals surface area contributed by atoms with Crippen LogP contribution in [0.15, 0.2) is 24.4 Å². The highest BCUT2D eigenvalue weighted by atomic mass is 16.4. The SMILES string of the molecule is O=C(O)CNC(=O)CNC(=O)CNC(=O)c1ccccn1. The highest BCUT2D eigenvalue weighted by Crippen LogP contribution is 1.91. The number of carbonyl (C=O) groups excluding carboxylic acids is 3. The average Bonchev–Trinajstić information content (AvgIpc) is 2.49. The number of aromatic nitrogens is 1. The van der Waals surface area contributed by atoms with Crippen molar-refractivity contribution in [2.24, 2.45) is 0 Å². The molecule has 3 amide bonds.